The maximum absolute atomic E-state index is 13.2. The summed E-state index contributed by atoms with van der Waals surface area (Å²) in [5, 5.41) is 9.79. The minimum absolute atomic E-state index is 0.0963. The number of anilines is 1. The average molecular weight is 578 g/mol. The monoisotopic (exact) mass is 577 g/mol. The van der Waals surface area contributed by atoms with Gasteiger partial charge in [0.05, 0.1) is 46.0 Å². The van der Waals surface area contributed by atoms with Crippen molar-refractivity contribution in [1.82, 2.24) is 0 Å². The molecule has 0 radical (unpaired) electrons. The fraction of sp³-hybridized carbons (Fsp3) is 0.312. The zero-order valence-corrected chi connectivity index (χ0v) is 24.6. The van der Waals surface area contributed by atoms with E-state index in [1.807, 2.05) is 66.9 Å². The molecule has 1 aliphatic rings. The number of methoxy groups -OCH3 is 2. The molecule has 0 amide bonds. The molecule has 0 bridgehead atoms. The van der Waals surface area contributed by atoms with E-state index in [9.17, 15) is 14.7 Å². The van der Waals surface area contributed by atoms with Crippen molar-refractivity contribution >= 4 is 35.0 Å². The molecule has 0 aromatic heterocycles. The molecule has 0 saturated carbocycles. The molecular weight excluding hydrogens is 542 g/mol. The summed E-state index contributed by atoms with van der Waals surface area (Å²) in [6.07, 6.45) is 1.51. The van der Waals surface area contributed by atoms with Crippen LogP contribution >= 0.6 is 11.8 Å². The minimum Gasteiger partial charge on any atom is -0.497 e. The number of hydrogen-bond donors (Lipinski definition) is 1. The van der Waals surface area contributed by atoms with Crippen molar-refractivity contribution in [1.29, 1.82) is 0 Å². The van der Waals surface area contributed by atoms with E-state index in [4.69, 9.17) is 18.9 Å². The highest BCUT2D eigenvalue weighted by atomic mass is 32.2. The number of aliphatic carboxylic acids is 1. The van der Waals surface area contributed by atoms with E-state index in [1.165, 1.54) is 0 Å². The fourth-order valence-corrected chi connectivity index (χ4v) is 5.31. The van der Waals surface area contributed by atoms with Crippen LogP contribution in [-0.2, 0) is 19.1 Å². The van der Waals surface area contributed by atoms with Gasteiger partial charge in [-0.2, -0.15) is 0 Å². The number of ether oxygens (including phenoxy) is 4. The van der Waals surface area contributed by atoms with Gasteiger partial charge in [0.1, 0.15) is 11.5 Å². The second kappa shape index (κ2) is 14.1. The topological polar surface area (TPSA) is 94.5 Å². The van der Waals surface area contributed by atoms with Gasteiger partial charge in [-0.05, 0) is 60.2 Å². The summed E-state index contributed by atoms with van der Waals surface area (Å²) < 4.78 is 22.1. The van der Waals surface area contributed by atoms with E-state index in [0.29, 0.717) is 48.9 Å². The summed E-state index contributed by atoms with van der Waals surface area (Å²) in [5.41, 5.74) is 4.81. The zero-order chi connectivity index (χ0) is 29.4. The lowest BCUT2D eigenvalue weighted by molar-refractivity contribution is -0.142. The summed E-state index contributed by atoms with van der Waals surface area (Å²) >= 11 is 1.60. The van der Waals surface area contributed by atoms with Gasteiger partial charge in [-0.25, -0.2) is 4.79 Å². The summed E-state index contributed by atoms with van der Waals surface area (Å²) in [7, 11) is 3.23. The standard InChI is InChI=1S/C32H35NO7S/c1-5-40-32(36)27(20-30(34)35)31(21-6-10-24(41-4)11-7-21)22-8-12-25(28(18-22)33-14-16-39-17-15-33)26-13-9-23(37-2)19-29(26)38-3/h6-13,18-19H,5,14-17,20H2,1-4H3,(H,34,35)/b31-27+. The molecule has 0 atom stereocenters. The number of thioether (sulfide) groups is 1. The predicted octanol–water partition coefficient (Wildman–Crippen LogP) is 5.77. The molecule has 0 spiro atoms. The number of carbonyl (C=O) groups excluding carboxylic acids is 1. The Hall–Kier alpha value is -3.95. The average Bonchev–Trinajstić information content (AvgIpc) is 3.01. The lowest BCUT2D eigenvalue weighted by atomic mass is 9.89. The van der Waals surface area contributed by atoms with Crippen molar-refractivity contribution < 1.29 is 33.6 Å². The van der Waals surface area contributed by atoms with Crippen LogP contribution in [-0.4, -0.2) is 70.4 Å². The third-order valence-electron chi connectivity index (χ3n) is 6.87. The third kappa shape index (κ3) is 7.04. The molecule has 1 saturated heterocycles. The Morgan fingerprint density at radius 3 is 2.22 bits per heavy atom. The number of carbonyl (C=O) groups is 2. The number of rotatable bonds is 11. The van der Waals surface area contributed by atoms with E-state index in [2.05, 4.69) is 4.90 Å². The molecule has 41 heavy (non-hydrogen) atoms. The Bertz CT molecular complexity index is 1410. The minimum atomic E-state index is -1.11. The van der Waals surface area contributed by atoms with Crippen LogP contribution in [0, 0.1) is 0 Å². The van der Waals surface area contributed by atoms with Gasteiger partial charge >= 0.3 is 11.9 Å². The normalized spacial score (nSPS) is 13.8. The zero-order valence-electron chi connectivity index (χ0n) is 23.8. The van der Waals surface area contributed by atoms with E-state index in [1.54, 1.807) is 32.9 Å². The lowest BCUT2D eigenvalue weighted by Crippen LogP contribution is -2.36. The molecule has 9 heteroatoms. The summed E-state index contributed by atoms with van der Waals surface area (Å²) in [4.78, 5) is 28.5. The van der Waals surface area contributed by atoms with Gasteiger partial charge in [0.15, 0.2) is 0 Å². The molecule has 1 heterocycles. The van der Waals surface area contributed by atoms with Gasteiger partial charge in [0.25, 0.3) is 0 Å². The molecule has 0 unspecified atom stereocenters. The smallest absolute Gasteiger partial charge is 0.335 e. The number of morpholine rings is 1. The third-order valence-corrected chi connectivity index (χ3v) is 7.61. The largest absolute Gasteiger partial charge is 0.497 e. The first-order chi connectivity index (χ1) is 19.9. The van der Waals surface area contributed by atoms with Crippen molar-refractivity contribution in [2.75, 3.05) is 58.3 Å². The second-order valence-electron chi connectivity index (χ2n) is 9.27. The quantitative estimate of drug-likeness (QED) is 0.173. The fourth-order valence-electron chi connectivity index (χ4n) is 4.91. The van der Waals surface area contributed by atoms with Crippen LogP contribution in [0.5, 0.6) is 11.5 Å². The number of nitrogens with zero attached hydrogens (tertiary/aromatic N) is 1. The highest BCUT2D eigenvalue weighted by Gasteiger charge is 2.25. The SMILES string of the molecule is CCOC(=O)/C(CC(=O)O)=C(\c1ccc(SC)cc1)c1ccc(-c2ccc(OC)cc2OC)c(N2CCOCC2)c1. The van der Waals surface area contributed by atoms with E-state index in [-0.39, 0.29) is 12.2 Å². The Morgan fingerprint density at radius 1 is 0.927 bits per heavy atom. The maximum atomic E-state index is 13.2. The van der Waals surface area contributed by atoms with Gasteiger partial charge in [0.2, 0.25) is 0 Å². The Balaban J connectivity index is 1.99. The van der Waals surface area contributed by atoms with Crippen LogP contribution in [0.25, 0.3) is 16.7 Å². The molecule has 0 aliphatic carbocycles. The van der Waals surface area contributed by atoms with Crippen molar-refractivity contribution in [2.45, 2.75) is 18.2 Å². The number of esters is 1. The molecule has 1 N–H and O–H groups in total. The van der Waals surface area contributed by atoms with Gasteiger partial charge in [0, 0.05) is 40.9 Å². The first-order valence-electron chi connectivity index (χ1n) is 13.4. The molecule has 3 aromatic rings. The highest BCUT2D eigenvalue weighted by Crippen LogP contribution is 2.42. The summed E-state index contributed by atoms with van der Waals surface area (Å²) in [5.74, 6) is -0.415. The van der Waals surface area contributed by atoms with E-state index >= 15 is 0 Å². The van der Waals surface area contributed by atoms with Crippen molar-refractivity contribution in [3.05, 3.63) is 77.4 Å². The molecule has 1 aliphatic heterocycles. The lowest BCUT2D eigenvalue weighted by Gasteiger charge is -2.31. The molecule has 1 fully saturated rings. The van der Waals surface area contributed by atoms with Crippen LogP contribution in [0.2, 0.25) is 0 Å². The molecule has 4 rings (SSSR count). The number of benzene rings is 3. The van der Waals surface area contributed by atoms with Crippen LogP contribution < -0.4 is 14.4 Å². The van der Waals surface area contributed by atoms with Crippen LogP contribution in [0.15, 0.2) is 71.1 Å². The van der Waals surface area contributed by atoms with Gasteiger partial charge in [-0.1, -0.05) is 24.3 Å². The van der Waals surface area contributed by atoms with E-state index < -0.39 is 18.4 Å². The van der Waals surface area contributed by atoms with Gasteiger partial charge < -0.3 is 29.0 Å². The van der Waals surface area contributed by atoms with E-state index in [0.717, 1.165) is 27.3 Å². The van der Waals surface area contributed by atoms with Crippen molar-refractivity contribution in [2.24, 2.45) is 0 Å². The Morgan fingerprint density at radius 2 is 1.61 bits per heavy atom. The Kier molecular flexibility index (Phi) is 10.3. The summed E-state index contributed by atoms with van der Waals surface area (Å²) in [6, 6.07) is 19.4. The predicted molar refractivity (Wildman–Crippen MR) is 161 cm³/mol. The van der Waals surface area contributed by atoms with Crippen LogP contribution in [0.3, 0.4) is 0 Å². The van der Waals surface area contributed by atoms with Gasteiger partial charge in [-0.15, -0.1) is 11.8 Å². The highest BCUT2D eigenvalue weighted by molar-refractivity contribution is 7.98. The first kappa shape index (κ1) is 30.0. The molecule has 3 aromatic carbocycles. The number of carboxylic acids is 1. The van der Waals surface area contributed by atoms with Crippen molar-refractivity contribution in [3.8, 4) is 22.6 Å². The molecule has 8 nitrogen and oxygen atoms in total. The Labute approximate surface area is 244 Å². The van der Waals surface area contributed by atoms with Crippen LogP contribution in [0.4, 0.5) is 5.69 Å². The maximum Gasteiger partial charge on any atom is 0.335 e. The molecular formula is C32H35NO7S. The number of hydrogen-bond acceptors (Lipinski definition) is 8. The van der Waals surface area contributed by atoms with Gasteiger partial charge in [-0.3, -0.25) is 4.79 Å². The van der Waals surface area contributed by atoms with Crippen molar-refractivity contribution in [3.63, 3.8) is 0 Å². The van der Waals surface area contributed by atoms with Crippen LogP contribution in [0.1, 0.15) is 24.5 Å². The molecule has 216 valence electrons. The number of carboxylic acid groups (broad SMARTS) is 1. The first-order valence-corrected chi connectivity index (χ1v) is 14.6. The summed E-state index contributed by atoms with van der Waals surface area (Å²) in [6.45, 7) is 4.35. The second-order valence-corrected chi connectivity index (χ2v) is 10.2.